The van der Waals surface area contributed by atoms with Crippen molar-refractivity contribution in [3.63, 3.8) is 0 Å². The quantitative estimate of drug-likeness (QED) is 0.288. The van der Waals surface area contributed by atoms with Gasteiger partial charge in [0, 0.05) is 17.7 Å². The zero-order chi connectivity index (χ0) is 23.7. The van der Waals surface area contributed by atoms with Gasteiger partial charge in [-0.15, -0.1) is 11.7 Å². The Morgan fingerprint density at radius 1 is 1.09 bits per heavy atom. The van der Waals surface area contributed by atoms with E-state index in [1.165, 1.54) is 15.9 Å². The number of hydrogen-bond acceptors (Lipinski definition) is 6. The van der Waals surface area contributed by atoms with Gasteiger partial charge in [-0.05, 0) is 36.8 Å². The van der Waals surface area contributed by atoms with Gasteiger partial charge in [-0.25, -0.2) is 0 Å². The van der Waals surface area contributed by atoms with Crippen LogP contribution in [0.2, 0.25) is 0 Å². The molecule has 0 unspecified atom stereocenters. The number of fused-ring (bicyclic) bond motifs is 2. The summed E-state index contributed by atoms with van der Waals surface area (Å²) < 4.78 is 7.39. The van der Waals surface area contributed by atoms with Crippen LogP contribution < -0.4 is 19.7 Å². The van der Waals surface area contributed by atoms with E-state index in [0.29, 0.717) is 34.0 Å². The van der Waals surface area contributed by atoms with E-state index in [1.807, 2.05) is 48.5 Å². The minimum absolute atomic E-state index is 0.211. The maximum Gasteiger partial charge on any atom is 0.291 e. The second kappa shape index (κ2) is 9.23. The number of hydrogen-bond donors (Lipinski definition) is 0. The zero-order valence-electron chi connectivity index (χ0n) is 18.9. The summed E-state index contributed by atoms with van der Waals surface area (Å²) in [6.45, 7) is 6.97. The molecule has 2 aromatic heterocycles. The van der Waals surface area contributed by atoms with Crippen LogP contribution in [0.3, 0.4) is 0 Å². The number of ether oxygens (including phenoxy) is 1. The van der Waals surface area contributed by atoms with Crippen LogP contribution in [0.15, 0.2) is 66.0 Å². The van der Waals surface area contributed by atoms with E-state index >= 15 is 0 Å². The third kappa shape index (κ3) is 3.80. The molecule has 0 fully saturated rings. The zero-order valence-corrected chi connectivity index (χ0v) is 19.7. The van der Waals surface area contributed by atoms with E-state index in [4.69, 9.17) is 4.74 Å². The second-order valence-electron chi connectivity index (χ2n) is 8.04. The molecule has 0 saturated heterocycles. The van der Waals surface area contributed by atoms with Gasteiger partial charge < -0.3 is 9.64 Å². The molecule has 34 heavy (non-hydrogen) atoms. The van der Waals surface area contributed by atoms with E-state index in [1.54, 1.807) is 11.0 Å². The Labute approximate surface area is 200 Å². The molecule has 172 valence electrons. The molecule has 7 nitrogen and oxygen atoms in total. The number of amides is 1. The van der Waals surface area contributed by atoms with Gasteiger partial charge >= 0.3 is 0 Å². The maximum atomic E-state index is 13.2. The van der Waals surface area contributed by atoms with Crippen molar-refractivity contribution in [1.29, 1.82) is 0 Å². The van der Waals surface area contributed by atoms with Crippen LogP contribution in [0.4, 0.5) is 5.69 Å². The molecule has 0 atom stereocenters. The van der Waals surface area contributed by atoms with Gasteiger partial charge in [0.15, 0.2) is 5.82 Å². The van der Waals surface area contributed by atoms with Gasteiger partial charge in [0.25, 0.3) is 11.5 Å². The number of rotatable bonds is 8. The van der Waals surface area contributed by atoms with Gasteiger partial charge in [0.2, 0.25) is 4.96 Å². The van der Waals surface area contributed by atoms with Crippen LogP contribution >= 0.6 is 11.3 Å². The van der Waals surface area contributed by atoms with Crippen molar-refractivity contribution in [2.24, 2.45) is 0 Å². The number of thiazole rings is 1. The number of para-hydroxylation sites is 1. The van der Waals surface area contributed by atoms with Crippen LogP contribution in [0, 0.1) is 0 Å². The summed E-state index contributed by atoms with van der Waals surface area (Å²) in [5, 5.41) is 4.44. The molecule has 4 aromatic rings. The standard InChI is InChI=1S/C26H24N4O3S/c1-3-5-8-16-33-18-13-11-17(12-14-18)23-27-26-30(28-23)25(32)22(34-26)21-19-9-6-7-10-20(19)29(15-4-2)24(21)31/h4,6-7,9-14H,2-3,5,8,15-16H2,1H3. The molecule has 0 saturated carbocycles. The molecule has 1 aliphatic rings. The Morgan fingerprint density at radius 2 is 1.88 bits per heavy atom. The maximum absolute atomic E-state index is 13.2. The number of carbonyl (C=O) groups is 1. The number of aromatic nitrogens is 3. The largest absolute Gasteiger partial charge is 0.494 e. The molecule has 0 spiro atoms. The monoisotopic (exact) mass is 472 g/mol. The van der Waals surface area contributed by atoms with Crippen molar-refractivity contribution < 1.29 is 9.53 Å². The highest BCUT2D eigenvalue weighted by atomic mass is 32.1. The van der Waals surface area contributed by atoms with E-state index < -0.39 is 0 Å². The van der Waals surface area contributed by atoms with Gasteiger partial charge in [0.1, 0.15) is 10.3 Å². The second-order valence-corrected chi connectivity index (χ2v) is 9.02. The number of benzene rings is 2. The number of anilines is 1. The van der Waals surface area contributed by atoms with Gasteiger partial charge in [-0.1, -0.05) is 55.4 Å². The highest BCUT2D eigenvalue weighted by Gasteiger charge is 2.33. The summed E-state index contributed by atoms with van der Waals surface area (Å²) >= 11 is 1.18. The Balaban J connectivity index is 1.49. The molecule has 0 radical (unpaired) electrons. The van der Waals surface area contributed by atoms with Gasteiger partial charge in [-0.3, -0.25) is 9.59 Å². The number of unbranched alkanes of at least 4 members (excludes halogenated alkanes) is 2. The Bertz CT molecular complexity index is 1490. The number of carbonyl (C=O) groups excluding carboxylic acids is 1. The highest BCUT2D eigenvalue weighted by Crippen LogP contribution is 2.35. The Hall–Kier alpha value is -3.78. The van der Waals surface area contributed by atoms with Crippen LogP contribution in [0.25, 0.3) is 21.9 Å². The van der Waals surface area contributed by atoms with Gasteiger partial charge in [-0.2, -0.15) is 9.50 Å². The lowest BCUT2D eigenvalue weighted by molar-refractivity contribution is -0.112. The van der Waals surface area contributed by atoms with Crippen LogP contribution in [-0.2, 0) is 4.79 Å². The van der Waals surface area contributed by atoms with Crippen molar-refractivity contribution in [2.75, 3.05) is 18.1 Å². The van der Waals surface area contributed by atoms with Crippen LogP contribution in [0.5, 0.6) is 5.75 Å². The van der Waals surface area contributed by atoms with Crippen molar-refractivity contribution in [2.45, 2.75) is 26.2 Å². The summed E-state index contributed by atoms with van der Waals surface area (Å²) in [5.41, 5.74) is 2.37. The lowest BCUT2D eigenvalue weighted by atomic mass is 10.1. The topological polar surface area (TPSA) is 76.8 Å². The highest BCUT2D eigenvalue weighted by molar-refractivity contribution is 7.15. The lowest BCUT2D eigenvalue weighted by Gasteiger charge is -2.13. The van der Waals surface area contributed by atoms with Crippen LogP contribution in [0.1, 0.15) is 31.7 Å². The molecule has 0 N–H and O–H groups in total. The first-order valence-electron chi connectivity index (χ1n) is 11.3. The minimum Gasteiger partial charge on any atom is -0.494 e. The summed E-state index contributed by atoms with van der Waals surface area (Å²) in [6.07, 6.45) is 5.01. The van der Waals surface area contributed by atoms with E-state index in [2.05, 4.69) is 23.6 Å². The fraction of sp³-hybridized carbons (Fsp3) is 0.231. The Morgan fingerprint density at radius 3 is 2.62 bits per heavy atom. The van der Waals surface area contributed by atoms with Crippen LogP contribution in [-0.4, -0.2) is 33.7 Å². The third-order valence-corrected chi connectivity index (χ3v) is 6.78. The normalized spacial score (nSPS) is 14.6. The molecule has 1 aliphatic heterocycles. The van der Waals surface area contributed by atoms with Gasteiger partial charge in [0.05, 0.1) is 17.9 Å². The summed E-state index contributed by atoms with van der Waals surface area (Å²) in [7, 11) is 0. The molecule has 5 rings (SSSR count). The first kappa shape index (κ1) is 22.0. The average molecular weight is 473 g/mol. The lowest BCUT2D eigenvalue weighted by Crippen LogP contribution is -2.32. The fourth-order valence-corrected chi connectivity index (χ4v) is 5.06. The smallest absolute Gasteiger partial charge is 0.291 e. The van der Waals surface area contributed by atoms with Crippen molar-refractivity contribution in [1.82, 2.24) is 14.6 Å². The third-order valence-electron chi connectivity index (χ3n) is 5.75. The van der Waals surface area contributed by atoms with E-state index in [0.717, 1.165) is 41.8 Å². The molecule has 2 aromatic carbocycles. The van der Waals surface area contributed by atoms with Crippen molar-refractivity contribution in [3.8, 4) is 17.1 Å². The molecule has 3 heterocycles. The minimum atomic E-state index is -0.340. The molecule has 0 bridgehead atoms. The average Bonchev–Trinajstić information content (AvgIpc) is 3.49. The summed E-state index contributed by atoms with van der Waals surface area (Å²) in [4.78, 5) is 33.1. The predicted molar refractivity (Wildman–Crippen MR) is 134 cm³/mol. The molecule has 8 heteroatoms. The number of nitrogens with zero attached hydrogens (tertiary/aromatic N) is 4. The van der Waals surface area contributed by atoms with E-state index in [-0.39, 0.29) is 11.5 Å². The van der Waals surface area contributed by atoms with E-state index in [9.17, 15) is 9.59 Å². The molecule has 0 aliphatic carbocycles. The SMILES string of the molecule is C=CCN1C(=O)C(=c2sc3nc(-c4ccc(OCCCCC)cc4)nn3c2=O)c2ccccc21. The summed E-state index contributed by atoms with van der Waals surface area (Å²) in [6, 6.07) is 15.0. The first-order valence-corrected chi connectivity index (χ1v) is 12.1. The molecule has 1 amide bonds. The molecular weight excluding hydrogens is 448 g/mol. The molecular formula is C26H24N4O3S. The summed E-state index contributed by atoms with van der Waals surface area (Å²) in [5.74, 6) is 1.05. The van der Waals surface area contributed by atoms with Crippen molar-refractivity contribution in [3.05, 3.63) is 81.6 Å². The Kier molecular flexibility index (Phi) is 5.98. The predicted octanol–water partition coefficient (Wildman–Crippen LogP) is 3.84. The first-order chi connectivity index (χ1) is 16.6. The van der Waals surface area contributed by atoms with Crippen molar-refractivity contribution >= 4 is 33.5 Å². The fourth-order valence-electron chi connectivity index (χ4n) is 4.06.